The van der Waals surface area contributed by atoms with Crippen LogP contribution in [0, 0.1) is 5.92 Å². The van der Waals surface area contributed by atoms with E-state index in [1.54, 1.807) is 12.4 Å². The summed E-state index contributed by atoms with van der Waals surface area (Å²) in [7, 11) is 2.17. The van der Waals surface area contributed by atoms with Crippen LogP contribution in [0.4, 0.5) is 17.1 Å². The normalized spacial score (nSPS) is 18.7. The maximum Gasteiger partial charge on any atom is 0.255 e. The number of piperazine rings is 1. The zero-order valence-electron chi connectivity index (χ0n) is 17.5. The molecule has 1 amide bonds. The van der Waals surface area contributed by atoms with Crippen LogP contribution in [-0.2, 0) is 0 Å². The molecule has 6 heteroatoms. The fraction of sp³-hybridized carbons (Fsp3) is 0.478. The average molecular weight is 394 g/mol. The second-order valence-corrected chi connectivity index (χ2v) is 8.40. The number of carbonyl (C=O) groups is 1. The number of likely N-dealkylation sites (tertiary alicyclic amines) is 1. The Labute approximate surface area is 173 Å². The first-order valence-corrected chi connectivity index (χ1v) is 10.6. The molecule has 0 spiro atoms. The molecule has 2 aromatic rings. The summed E-state index contributed by atoms with van der Waals surface area (Å²) in [4.78, 5) is 23.8. The smallest absolute Gasteiger partial charge is 0.255 e. The van der Waals surface area contributed by atoms with Crippen molar-refractivity contribution in [2.24, 2.45) is 5.92 Å². The zero-order valence-corrected chi connectivity index (χ0v) is 17.5. The van der Waals surface area contributed by atoms with Gasteiger partial charge in [-0.15, -0.1) is 0 Å². The fourth-order valence-electron chi connectivity index (χ4n) is 4.01. The number of anilines is 3. The van der Waals surface area contributed by atoms with E-state index < -0.39 is 0 Å². The number of aromatic nitrogens is 1. The van der Waals surface area contributed by atoms with Crippen LogP contribution in [0.15, 0.2) is 42.7 Å². The maximum absolute atomic E-state index is 12.8. The van der Waals surface area contributed by atoms with Gasteiger partial charge in [0.25, 0.3) is 5.91 Å². The van der Waals surface area contributed by atoms with Crippen molar-refractivity contribution >= 4 is 23.0 Å². The molecule has 2 fully saturated rings. The Hall–Kier alpha value is -2.60. The molecular formula is C23H31N5O. The number of pyridine rings is 1. The van der Waals surface area contributed by atoms with Gasteiger partial charge in [-0.05, 0) is 56.1 Å². The molecule has 6 nitrogen and oxygen atoms in total. The van der Waals surface area contributed by atoms with Gasteiger partial charge >= 0.3 is 0 Å². The predicted octanol–water partition coefficient (Wildman–Crippen LogP) is 3.45. The first-order chi connectivity index (χ1) is 14.1. The van der Waals surface area contributed by atoms with Crippen LogP contribution in [0.2, 0.25) is 0 Å². The van der Waals surface area contributed by atoms with E-state index in [0.29, 0.717) is 11.5 Å². The standard InChI is InChI=1S/C23H31N5O/c1-18-7-9-28(10-8-18)23(29)19-15-21(17-24-16-19)25-20-3-5-22(6-4-20)27-13-11-26(2)12-14-27/h3-6,15-18,25H,7-14H2,1-2H3. The average Bonchev–Trinajstić information content (AvgIpc) is 2.75. The van der Waals surface area contributed by atoms with Gasteiger partial charge < -0.3 is 20.0 Å². The number of rotatable bonds is 4. The minimum atomic E-state index is 0.0819. The Kier molecular flexibility index (Phi) is 6.00. The number of nitrogens with one attached hydrogen (secondary N) is 1. The SMILES string of the molecule is CC1CCN(C(=O)c2cncc(Nc3ccc(N4CCN(C)CC4)cc3)c2)CC1. The van der Waals surface area contributed by atoms with Crippen molar-refractivity contribution in [3.8, 4) is 0 Å². The summed E-state index contributed by atoms with van der Waals surface area (Å²) in [5.41, 5.74) is 3.75. The molecule has 1 aromatic heterocycles. The van der Waals surface area contributed by atoms with Crippen LogP contribution in [0.25, 0.3) is 0 Å². The summed E-state index contributed by atoms with van der Waals surface area (Å²) in [5, 5.41) is 3.39. The molecule has 2 aliphatic heterocycles. The summed E-state index contributed by atoms with van der Waals surface area (Å²) in [6, 6.07) is 10.4. The first kappa shape index (κ1) is 19.7. The van der Waals surface area contributed by atoms with Crippen molar-refractivity contribution < 1.29 is 4.79 Å². The maximum atomic E-state index is 12.8. The van der Waals surface area contributed by atoms with Crippen molar-refractivity contribution in [1.29, 1.82) is 0 Å². The van der Waals surface area contributed by atoms with Crippen LogP contribution in [0.5, 0.6) is 0 Å². The van der Waals surface area contributed by atoms with Crippen molar-refractivity contribution in [1.82, 2.24) is 14.8 Å². The lowest BCUT2D eigenvalue weighted by Crippen LogP contribution is -2.44. The highest BCUT2D eigenvalue weighted by atomic mass is 16.2. The Morgan fingerprint density at radius 3 is 2.34 bits per heavy atom. The highest BCUT2D eigenvalue weighted by Gasteiger charge is 2.22. The summed E-state index contributed by atoms with van der Waals surface area (Å²) in [5.74, 6) is 0.789. The Balaban J connectivity index is 1.39. The molecule has 1 N–H and O–H groups in total. The summed E-state index contributed by atoms with van der Waals surface area (Å²) >= 11 is 0. The van der Waals surface area contributed by atoms with Crippen LogP contribution < -0.4 is 10.2 Å². The van der Waals surface area contributed by atoms with Crippen LogP contribution >= 0.6 is 0 Å². The molecule has 2 saturated heterocycles. The van der Waals surface area contributed by atoms with Crippen molar-refractivity contribution in [3.63, 3.8) is 0 Å². The van der Waals surface area contributed by atoms with Gasteiger partial charge in [0.15, 0.2) is 0 Å². The van der Waals surface area contributed by atoms with E-state index in [1.807, 2.05) is 11.0 Å². The number of piperidine rings is 1. The highest BCUT2D eigenvalue weighted by molar-refractivity contribution is 5.95. The third-order valence-corrected chi connectivity index (χ3v) is 6.08. The van der Waals surface area contributed by atoms with Gasteiger partial charge in [0.05, 0.1) is 17.4 Å². The number of hydrogen-bond acceptors (Lipinski definition) is 5. The molecule has 0 aliphatic carbocycles. The van der Waals surface area contributed by atoms with Crippen molar-refractivity contribution in [3.05, 3.63) is 48.3 Å². The van der Waals surface area contributed by atoms with Gasteiger partial charge in [-0.2, -0.15) is 0 Å². The molecule has 29 heavy (non-hydrogen) atoms. The number of carbonyl (C=O) groups excluding carboxylic acids is 1. The van der Waals surface area contributed by atoms with Gasteiger partial charge in [0.2, 0.25) is 0 Å². The lowest BCUT2D eigenvalue weighted by molar-refractivity contribution is 0.0697. The molecule has 1 aromatic carbocycles. The number of amides is 1. The largest absolute Gasteiger partial charge is 0.369 e. The van der Waals surface area contributed by atoms with E-state index in [9.17, 15) is 4.79 Å². The molecule has 0 bridgehead atoms. The van der Waals surface area contributed by atoms with E-state index in [1.165, 1.54) is 5.69 Å². The Morgan fingerprint density at radius 2 is 1.66 bits per heavy atom. The van der Waals surface area contributed by atoms with Gasteiger partial charge in [0, 0.05) is 56.8 Å². The minimum Gasteiger partial charge on any atom is -0.369 e. The lowest BCUT2D eigenvalue weighted by atomic mass is 9.99. The minimum absolute atomic E-state index is 0.0819. The van der Waals surface area contributed by atoms with E-state index >= 15 is 0 Å². The Morgan fingerprint density at radius 1 is 0.966 bits per heavy atom. The molecule has 0 unspecified atom stereocenters. The lowest BCUT2D eigenvalue weighted by Gasteiger charge is -2.34. The predicted molar refractivity (Wildman–Crippen MR) is 118 cm³/mol. The molecular weight excluding hydrogens is 362 g/mol. The van der Waals surface area contributed by atoms with Crippen LogP contribution in [0.1, 0.15) is 30.1 Å². The third-order valence-electron chi connectivity index (χ3n) is 6.08. The highest BCUT2D eigenvalue weighted by Crippen LogP contribution is 2.23. The summed E-state index contributed by atoms with van der Waals surface area (Å²) in [6.45, 7) is 8.25. The van der Waals surface area contributed by atoms with E-state index in [-0.39, 0.29) is 5.91 Å². The van der Waals surface area contributed by atoms with Crippen LogP contribution in [-0.4, -0.2) is 67.0 Å². The monoisotopic (exact) mass is 393 g/mol. The quantitative estimate of drug-likeness (QED) is 0.862. The van der Waals surface area contributed by atoms with E-state index in [2.05, 4.69) is 58.3 Å². The van der Waals surface area contributed by atoms with Crippen LogP contribution in [0.3, 0.4) is 0 Å². The molecule has 0 radical (unpaired) electrons. The fourth-order valence-corrected chi connectivity index (χ4v) is 4.01. The molecule has 154 valence electrons. The summed E-state index contributed by atoms with van der Waals surface area (Å²) < 4.78 is 0. The van der Waals surface area contributed by atoms with Gasteiger partial charge in [-0.25, -0.2) is 0 Å². The van der Waals surface area contributed by atoms with Crippen molar-refractivity contribution in [2.75, 3.05) is 56.5 Å². The molecule has 0 saturated carbocycles. The second kappa shape index (κ2) is 8.82. The van der Waals surface area contributed by atoms with E-state index in [0.717, 1.165) is 63.5 Å². The second-order valence-electron chi connectivity index (χ2n) is 8.40. The third kappa shape index (κ3) is 4.88. The topological polar surface area (TPSA) is 51.7 Å². The molecule has 0 atom stereocenters. The number of hydrogen-bond donors (Lipinski definition) is 1. The van der Waals surface area contributed by atoms with E-state index in [4.69, 9.17) is 0 Å². The van der Waals surface area contributed by atoms with Crippen molar-refractivity contribution in [2.45, 2.75) is 19.8 Å². The summed E-state index contributed by atoms with van der Waals surface area (Å²) in [6.07, 6.45) is 5.60. The van der Waals surface area contributed by atoms with Gasteiger partial charge in [-0.3, -0.25) is 9.78 Å². The Bertz CT molecular complexity index is 821. The first-order valence-electron chi connectivity index (χ1n) is 10.6. The number of benzene rings is 1. The molecule has 4 rings (SSSR count). The molecule has 3 heterocycles. The number of nitrogens with zero attached hydrogens (tertiary/aromatic N) is 4. The van der Waals surface area contributed by atoms with Gasteiger partial charge in [0.1, 0.15) is 0 Å². The van der Waals surface area contributed by atoms with Gasteiger partial charge in [-0.1, -0.05) is 6.92 Å². The number of likely N-dealkylation sites (N-methyl/N-ethyl adjacent to an activating group) is 1. The molecule has 2 aliphatic rings. The zero-order chi connectivity index (χ0) is 20.2.